The summed E-state index contributed by atoms with van der Waals surface area (Å²) in [6.07, 6.45) is 1.58. The summed E-state index contributed by atoms with van der Waals surface area (Å²) in [4.78, 5) is 14.4. The molecule has 0 saturated carbocycles. The maximum atomic E-state index is 12.6. The van der Waals surface area contributed by atoms with Gasteiger partial charge in [0.1, 0.15) is 6.33 Å². The minimum atomic E-state index is 0.0418. The Morgan fingerprint density at radius 3 is 2.74 bits per heavy atom. The molecule has 2 aromatic heterocycles. The van der Waals surface area contributed by atoms with Crippen LogP contribution in [-0.4, -0.2) is 43.7 Å². The van der Waals surface area contributed by atoms with Crippen molar-refractivity contribution in [2.75, 3.05) is 13.1 Å². The number of nitrogens with zero attached hydrogens (tertiary/aromatic N) is 5. The van der Waals surface area contributed by atoms with Crippen molar-refractivity contribution in [3.63, 3.8) is 0 Å². The fourth-order valence-corrected chi connectivity index (χ4v) is 2.68. The van der Waals surface area contributed by atoms with E-state index in [9.17, 15) is 4.79 Å². The number of hydrogen-bond donors (Lipinski definition) is 0. The normalized spacial score (nSPS) is 10.9. The number of rotatable bonds is 4. The first-order valence-corrected chi connectivity index (χ1v) is 7.71. The first-order chi connectivity index (χ1) is 11.1. The molecule has 0 aliphatic carbocycles. The second-order valence-electron chi connectivity index (χ2n) is 5.36. The minimum absolute atomic E-state index is 0.0418. The maximum absolute atomic E-state index is 12.6. The summed E-state index contributed by atoms with van der Waals surface area (Å²) >= 11 is 0. The number of aromatic nitrogens is 4. The lowest BCUT2D eigenvalue weighted by Crippen LogP contribution is -2.30. The van der Waals surface area contributed by atoms with Crippen LogP contribution in [0.1, 0.15) is 29.9 Å². The third-order valence-corrected chi connectivity index (χ3v) is 3.86. The van der Waals surface area contributed by atoms with Gasteiger partial charge in [-0.15, -0.1) is 10.2 Å². The van der Waals surface area contributed by atoms with E-state index in [-0.39, 0.29) is 5.91 Å². The van der Waals surface area contributed by atoms with Crippen molar-refractivity contribution in [2.45, 2.75) is 20.8 Å². The number of fused-ring (bicyclic) bond motifs is 1. The van der Waals surface area contributed by atoms with Crippen LogP contribution >= 0.6 is 0 Å². The molecule has 0 aliphatic heterocycles. The summed E-state index contributed by atoms with van der Waals surface area (Å²) in [7, 11) is 0. The van der Waals surface area contributed by atoms with E-state index in [4.69, 9.17) is 0 Å². The lowest BCUT2D eigenvalue weighted by atomic mass is 10.0. The van der Waals surface area contributed by atoms with Gasteiger partial charge in [0.05, 0.1) is 5.69 Å². The summed E-state index contributed by atoms with van der Waals surface area (Å²) in [6.45, 7) is 7.28. The first-order valence-electron chi connectivity index (χ1n) is 7.71. The Kier molecular flexibility index (Phi) is 4.06. The van der Waals surface area contributed by atoms with Crippen molar-refractivity contribution in [3.05, 3.63) is 47.9 Å². The highest BCUT2D eigenvalue weighted by Crippen LogP contribution is 2.25. The third-order valence-electron chi connectivity index (χ3n) is 3.86. The molecule has 1 aromatic carbocycles. The standard InChI is InChI=1S/C17H19N5O/c1-4-21(5-2)17(23)14-8-6-7-13(10-14)15-9-12(3)20-22-11-18-19-16(15)22/h6-11H,4-5H2,1-3H3. The lowest BCUT2D eigenvalue weighted by Gasteiger charge is -2.19. The molecule has 0 atom stereocenters. The summed E-state index contributed by atoms with van der Waals surface area (Å²) in [5, 5.41) is 12.4. The molecular weight excluding hydrogens is 290 g/mol. The molecule has 0 unspecified atom stereocenters. The minimum Gasteiger partial charge on any atom is -0.339 e. The second kappa shape index (κ2) is 6.16. The molecule has 0 fully saturated rings. The Bertz CT molecular complexity index is 851. The zero-order chi connectivity index (χ0) is 16.4. The molecular formula is C17H19N5O. The van der Waals surface area contributed by atoms with E-state index in [0.29, 0.717) is 24.3 Å². The molecule has 0 spiro atoms. The van der Waals surface area contributed by atoms with Crippen LogP contribution in [0.2, 0.25) is 0 Å². The lowest BCUT2D eigenvalue weighted by molar-refractivity contribution is 0.0773. The van der Waals surface area contributed by atoms with Crippen LogP contribution in [0.5, 0.6) is 0 Å². The van der Waals surface area contributed by atoms with Crippen molar-refractivity contribution in [2.24, 2.45) is 0 Å². The number of aryl methyl sites for hydroxylation is 1. The van der Waals surface area contributed by atoms with Crippen LogP contribution in [0.4, 0.5) is 0 Å². The van der Waals surface area contributed by atoms with Crippen LogP contribution in [0.25, 0.3) is 16.8 Å². The number of benzene rings is 1. The Morgan fingerprint density at radius 2 is 2.00 bits per heavy atom. The zero-order valence-corrected chi connectivity index (χ0v) is 13.5. The number of carbonyl (C=O) groups is 1. The second-order valence-corrected chi connectivity index (χ2v) is 5.36. The van der Waals surface area contributed by atoms with Crippen molar-refractivity contribution in [3.8, 4) is 11.1 Å². The van der Waals surface area contributed by atoms with E-state index >= 15 is 0 Å². The van der Waals surface area contributed by atoms with Gasteiger partial charge >= 0.3 is 0 Å². The highest BCUT2D eigenvalue weighted by atomic mass is 16.2. The highest BCUT2D eigenvalue weighted by molar-refractivity contribution is 5.96. The Labute approximate surface area is 134 Å². The largest absolute Gasteiger partial charge is 0.339 e. The molecule has 6 heteroatoms. The molecule has 1 amide bonds. The van der Waals surface area contributed by atoms with Gasteiger partial charge in [0.2, 0.25) is 0 Å². The average molecular weight is 309 g/mol. The molecule has 3 aromatic rings. The van der Waals surface area contributed by atoms with Gasteiger partial charge in [0.15, 0.2) is 5.65 Å². The Balaban J connectivity index is 2.09. The van der Waals surface area contributed by atoms with Gasteiger partial charge in [-0.25, -0.2) is 0 Å². The summed E-state index contributed by atoms with van der Waals surface area (Å²) in [5.41, 5.74) is 4.09. The van der Waals surface area contributed by atoms with Crippen molar-refractivity contribution < 1.29 is 4.79 Å². The van der Waals surface area contributed by atoms with Gasteiger partial charge in [-0.1, -0.05) is 12.1 Å². The molecule has 0 saturated heterocycles. The highest BCUT2D eigenvalue weighted by Gasteiger charge is 2.15. The predicted molar refractivity (Wildman–Crippen MR) is 88.2 cm³/mol. The zero-order valence-electron chi connectivity index (χ0n) is 13.5. The molecule has 2 heterocycles. The molecule has 118 valence electrons. The molecule has 6 nitrogen and oxygen atoms in total. The van der Waals surface area contributed by atoms with Gasteiger partial charge in [-0.3, -0.25) is 4.79 Å². The van der Waals surface area contributed by atoms with Crippen molar-refractivity contribution in [1.82, 2.24) is 24.7 Å². The Morgan fingerprint density at radius 1 is 1.22 bits per heavy atom. The van der Waals surface area contributed by atoms with E-state index in [2.05, 4.69) is 15.3 Å². The smallest absolute Gasteiger partial charge is 0.253 e. The van der Waals surface area contributed by atoms with Gasteiger partial charge < -0.3 is 4.90 Å². The van der Waals surface area contributed by atoms with Gasteiger partial charge in [-0.2, -0.15) is 9.61 Å². The monoisotopic (exact) mass is 309 g/mol. The SMILES string of the molecule is CCN(CC)C(=O)c1cccc(-c2cc(C)nn3cnnc23)c1. The van der Waals surface area contributed by atoms with E-state index < -0.39 is 0 Å². The van der Waals surface area contributed by atoms with Crippen LogP contribution in [-0.2, 0) is 0 Å². The molecule has 0 radical (unpaired) electrons. The Hall–Kier alpha value is -2.76. The van der Waals surface area contributed by atoms with E-state index in [1.165, 1.54) is 0 Å². The molecule has 3 rings (SSSR count). The van der Waals surface area contributed by atoms with Crippen LogP contribution in [0.3, 0.4) is 0 Å². The number of amides is 1. The van der Waals surface area contributed by atoms with E-state index in [1.54, 1.807) is 10.8 Å². The molecule has 0 aliphatic rings. The van der Waals surface area contributed by atoms with Crippen molar-refractivity contribution >= 4 is 11.6 Å². The van der Waals surface area contributed by atoms with E-state index in [0.717, 1.165) is 16.8 Å². The topological polar surface area (TPSA) is 63.4 Å². The summed E-state index contributed by atoms with van der Waals surface area (Å²) in [6, 6.07) is 9.59. The van der Waals surface area contributed by atoms with Crippen LogP contribution in [0, 0.1) is 6.92 Å². The fourth-order valence-electron chi connectivity index (χ4n) is 2.68. The molecule has 0 N–H and O–H groups in total. The predicted octanol–water partition coefficient (Wildman–Crippen LogP) is 2.58. The number of hydrogen-bond acceptors (Lipinski definition) is 4. The van der Waals surface area contributed by atoms with E-state index in [1.807, 2.05) is 56.0 Å². The van der Waals surface area contributed by atoms with Gasteiger partial charge in [0.25, 0.3) is 5.91 Å². The van der Waals surface area contributed by atoms with Gasteiger partial charge in [-0.05, 0) is 44.5 Å². The van der Waals surface area contributed by atoms with Gasteiger partial charge in [0, 0.05) is 24.2 Å². The maximum Gasteiger partial charge on any atom is 0.253 e. The quantitative estimate of drug-likeness (QED) is 0.743. The fraction of sp³-hybridized carbons (Fsp3) is 0.294. The summed E-state index contributed by atoms with van der Waals surface area (Å²) < 4.78 is 1.66. The number of carbonyl (C=O) groups excluding carboxylic acids is 1. The van der Waals surface area contributed by atoms with Crippen molar-refractivity contribution in [1.29, 1.82) is 0 Å². The van der Waals surface area contributed by atoms with Crippen LogP contribution in [0.15, 0.2) is 36.7 Å². The average Bonchev–Trinajstić information content (AvgIpc) is 3.03. The molecule has 23 heavy (non-hydrogen) atoms. The molecule has 0 bridgehead atoms. The summed E-state index contributed by atoms with van der Waals surface area (Å²) in [5.74, 6) is 0.0418. The third kappa shape index (κ3) is 2.79. The first kappa shape index (κ1) is 15.1. The van der Waals surface area contributed by atoms with Crippen LogP contribution < -0.4 is 0 Å².